The second kappa shape index (κ2) is 11.8. The van der Waals surface area contributed by atoms with E-state index < -0.39 is 10.0 Å². The summed E-state index contributed by atoms with van der Waals surface area (Å²) in [5.74, 6) is 0.225. The van der Waals surface area contributed by atoms with E-state index >= 15 is 0 Å². The van der Waals surface area contributed by atoms with Crippen LogP contribution in [-0.4, -0.2) is 36.7 Å². The van der Waals surface area contributed by atoms with E-state index in [2.05, 4.69) is 10.3 Å². The molecule has 8 heteroatoms. The average Bonchev–Trinajstić information content (AvgIpc) is 2.91. The third-order valence-electron chi connectivity index (χ3n) is 5.91. The Morgan fingerprint density at radius 2 is 1.69 bits per heavy atom. The van der Waals surface area contributed by atoms with Gasteiger partial charge in [-0.25, -0.2) is 13.4 Å². The predicted octanol–water partition coefficient (Wildman–Crippen LogP) is 3.99. The third-order valence-corrected chi connectivity index (χ3v) is 7.48. The number of hydrogen-bond acceptors (Lipinski definition) is 5. The first kappa shape index (κ1) is 24.6. The van der Waals surface area contributed by atoms with Crippen LogP contribution in [0.25, 0.3) is 6.08 Å². The Morgan fingerprint density at radius 1 is 1.00 bits per heavy atom. The molecule has 1 N–H and O–H groups in total. The van der Waals surface area contributed by atoms with Crippen molar-refractivity contribution >= 4 is 22.0 Å². The molecule has 1 fully saturated rings. The highest BCUT2D eigenvalue weighted by Gasteiger charge is 2.29. The number of aromatic nitrogens is 1. The maximum atomic E-state index is 12.7. The number of rotatable bonds is 9. The molecule has 7 nitrogen and oxygen atoms in total. The van der Waals surface area contributed by atoms with Crippen LogP contribution >= 0.6 is 0 Å². The SMILES string of the molecule is O=C(NCc1ccnc(OCc2ccccc2)c1)C1CCN(S(=O)(=O)/C=C/c2ccccc2)CC1. The molecule has 0 saturated carbocycles. The number of carbonyl (C=O) groups is 1. The summed E-state index contributed by atoms with van der Waals surface area (Å²) in [4.78, 5) is 16.9. The van der Waals surface area contributed by atoms with E-state index in [1.165, 1.54) is 9.71 Å². The van der Waals surface area contributed by atoms with E-state index in [9.17, 15) is 13.2 Å². The number of ether oxygens (including phenoxy) is 1. The maximum Gasteiger partial charge on any atom is 0.236 e. The van der Waals surface area contributed by atoms with Crippen molar-refractivity contribution in [1.29, 1.82) is 0 Å². The van der Waals surface area contributed by atoms with Crippen molar-refractivity contribution in [3.05, 3.63) is 101 Å². The number of hydrogen-bond donors (Lipinski definition) is 1. The number of piperidine rings is 1. The van der Waals surface area contributed by atoms with E-state index in [-0.39, 0.29) is 11.8 Å². The monoisotopic (exact) mass is 491 g/mol. The minimum absolute atomic E-state index is 0.0644. The van der Waals surface area contributed by atoms with Gasteiger partial charge in [-0.1, -0.05) is 60.7 Å². The van der Waals surface area contributed by atoms with Gasteiger partial charge in [0.1, 0.15) is 6.61 Å². The standard InChI is InChI=1S/C27H29N3O4S/c31-27(29-20-24-11-15-28-26(19-24)34-21-23-9-5-2-6-10-23)25-12-16-30(17-13-25)35(32,33)18-14-22-7-3-1-4-8-22/h1-11,14-15,18-19,25H,12-13,16-17,20-21H2,(H,29,31)/b18-14+. The van der Waals surface area contributed by atoms with Crippen molar-refractivity contribution in [2.75, 3.05) is 13.1 Å². The van der Waals surface area contributed by atoms with Gasteiger partial charge < -0.3 is 10.1 Å². The second-order valence-corrected chi connectivity index (χ2v) is 10.2. The number of amides is 1. The largest absolute Gasteiger partial charge is 0.473 e. The van der Waals surface area contributed by atoms with Crippen molar-refractivity contribution in [1.82, 2.24) is 14.6 Å². The lowest BCUT2D eigenvalue weighted by atomic mass is 9.97. The molecule has 1 aliphatic rings. The summed E-state index contributed by atoms with van der Waals surface area (Å²) in [5.41, 5.74) is 2.77. The van der Waals surface area contributed by atoms with Crippen LogP contribution < -0.4 is 10.1 Å². The number of nitrogens with zero attached hydrogens (tertiary/aromatic N) is 2. The zero-order valence-electron chi connectivity index (χ0n) is 19.4. The van der Waals surface area contributed by atoms with E-state index in [1.54, 1.807) is 12.3 Å². The summed E-state index contributed by atoms with van der Waals surface area (Å²) in [7, 11) is -3.52. The number of pyridine rings is 1. The Labute approximate surface area is 206 Å². The van der Waals surface area contributed by atoms with E-state index in [4.69, 9.17) is 4.74 Å². The fourth-order valence-electron chi connectivity index (χ4n) is 3.89. The fourth-order valence-corrected chi connectivity index (χ4v) is 5.11. The van der Waals surface area contributed by atoms with Crippen molar-refractivity contribution in [2.45, 2.75) is 26.0 Å². The molecular formula is C27H29N3O4S. The first-order valence-electron chi connectivity index (χ1n) is 11.6. The van der Waals surface area contributed by atoms with Gasteiger partial charge in [-0.3, -0.25) is 4.79 Å². The van der Waals surface area contributed by atoms with Gasteiger partial charge in [-0.2, -0.15) is 4.31 Å². The van der Waals surface area contributed by atoms with Crippen LogP contribution in [0.3, 0.4) is 0 Å². The summed E-state index contributed by atoms with van der Waals surface area (Å²) in [6.45, 7) is 1.44. The highest BCUT2D eigenvalue weighted by Crippen LogP contribution is 2.21. The zero-order chi connectivity index (χ0) is 24.5. The minimum atomic E-state index is -3.52. The van der Waals surface area contributed by atoms with Gasteiger partial charge in [0.2, 0.25) is 21.8 Å². The highest BCUT2D eigenvalue weighted by atomic mass is 32.2. The molecule has 2 aromatic carbocycles. The Bertz CT molecular complexity index is 1240. The van der Waals surface area contributed by atoms with Crippen LogP contribution in [0.5, 0.6) is 5.88 Å². The summed E-state index contributed by atoms with van der Waals surface area (Å²) < 4.78 is 32.5. The van der Waals surface area contributed by atoms with E-state index in [0.717, 1.165) is 16.7 Å². The van der Waals surface area contributed by atoms with Crippen molar-refractivity contribution in [3.63, 3.8) is 0 Å². The van der Waals surface area contributed by atoms with Gasteiger partial charge >= 0.3 is 0 Å². The van der Waals surface area contributed by atoms with Crippen LogP contribution in [0, 0.1) is 5.92 Å². The van der Waals surface area contributed by atoms with E-state index in [1.807, 2.05) is 72.8 Å². The zero-order valence-corrected chi connectivity index (χ0v) is 20.2. The summed E-state index contributed by atoms with van der Waals surface area (Å²) in [6.07, 6.45) is 4.24. The molecule has 3 aromatic rings. The van der Waals surface area contributed by atoms with Crippen LogP contribution in [0.4, 0.5) is 0 Å². The molecule has 1 amide bonds. The summed E-state index contributed by atoms with van der Waals surface area (Å²) in [6, 6.07) is 22.8. The molecule has 0 unspecified atom stereocenters. The van der Waals surface area contributed by atoms with Crippen LogP contribution in [0.15, 0.2) is 84.4 Å². The van der Waals surface area contributed by atoms with Crippen LogP contribution in [-0.2, 0) is 28.0 Å². The Hall–Kier alpha value is -3.49. The molecule has 0 spiro atoms. The van der Waals surface area contributed by atoms with Gasteiger partial charge in [0, 0.05) is 43.2 Å². The van der Waals surface area contributed by atoms with Crippen LogP contribution in [0.2, 0.25) is 0 Å². The maximum absolute atomic E-state index is 12.7. The van der Waals surface area contributed by atoms with Gasteiger partial charge in [0.05, 0.1) is 0 Å². The number of carbonyl (C=O) groups excluding carboxylic acids is 1. The van der Waals surface area contributed by atoms with Crippen LogP contribution in [0.1, 0.15) is 29.5 Å². The topological polar surface area (TPSA) is 88.6 Å². The first-order chi connectivity index (χ1) is 17.0. The highest BCUT2D eigenvalue weighted by molar-refractivity contribution is 7.92. The molecule has 4 rings (SSSR count). The van der Waals surface area contributed by atoms with Crippen molar-refractivity contribution in [2.24, 2.45) is 5.92 Å². The van der Waals surface area contributed by atoms with Crippen molar-refractivity contribution in [3.8, 4) is 5.88 Å². The lowest BCUT2D eigenvalue weighted by molar-refractivity contribution is -0.126. The lowest BCUT2D eigenvalue weighted by Gasteiger charge is -2.29. The second-order valence-electron chi connectivity index (χ2n) is 8.43. The summed E-state index contributed by atoms with van der Waals surface area (Å²) >= 11 is 0. The molecule has 2 heterocycles. The molecule has 1 saturated heterocycles. The molecule has 1 aromatic heterocycles. The van der Waals surface area contributed by atoms with Gasteiger partial charge in [-0.15, -0.1) is 0 Å². The average molecular weight is 492 g/mol. The van der Waals surface area contributed by atoms with E-state index in [0.29, 0.717) is 45.0 Å². The normalized spacial score (nSPS) is 15.2. The predicted molar refractivity (Wildman–Crippen MR) is 136 cm³/mol. The minimum Gasteiger partial charge on any atom is -0.473 e. The molecule has 0 radical (unpaired) electrons. The molecule has 1 aliphatic heterocycles. The molecular weight excluding hydrogens is 462 g/mol. The molecule has 182 valence electrons. The third kappa shape index (κ3) is 7.24. The van der Waals surface area contributed by atoms with Gasteiger partial charge in [0.25, 0.3) is 0 Å². The Balaban J connectivity index is 1.24. The molecule has 0 atom stereocenters. The fraction of sp³-hybridized carbons (Fsp3) is 0.259. The van der Waals surface area contributed by atoms with Gasteiger partial charge in [0.15, 0.2) is 0 Å². The smallest absolute Gasteiger partial charge is 0.236 e. The van der Waals surface area contributed by atoms with Gasteiger partial charge in [-0.05, 0) is 41.7 Å². The number of nitrogens with one attached hydrogen (secondary N) is 1. The first-order valence-corrected chi connectivity index (χ1v) is 13.1. The van der Waals surface area contributed by atoms with Crippen molar-refractivity contribution < 1.29 is 17.9 Å². The molecule has 35 heavy (non-hydrogen) atoms. The Morgan fingerprint density at radius 3 is 2.40 bits per heavy atom. The number of benzene rings is 2. The quantitative estimate of drug-likeness (QED) is 0.489. The molecule has 0 aliphatic carbocycles. The lowest BCUT2D eigenvalue weighted by Crippen LogP contribution is -2.42. The summed E-state index contributed by atoms with van der Waals surface area (Å²) in [5, 5.41) is 4.21. The Kier molecular flexibility index (Phi) is 8.28. The number of sulfonamides is 1. The molecule has 0 bridgehead atoms.